The van der Waals surface area contributed by atoms with Gasteiger partial charge in [-0.3, -0.25) is 4.79 Å². The Kier molecular flexibility index (Phi) is 5.16. The zero-order chi connectivity index (χ0) is 11.4. The zero-order valence-corrected chi connectivity index (χ0v) is 9.82. The van der Waals surface area contributed by atoms with Crippen LogP contribution in [0.15, 0.2) is 11.6 Å². The van der Waals surface area contributed by atoms with Crippen molar-refractivity contribution in [3.8, 4) is 0 Å². The molecule has 0 aromatic carbocycles. The second-order valence-electron chi connectivity index (χ2n) is 4.47. The first-order valence-corrected chi connectivity index (χ1v) is 4.97. The number of rotatable bonds is 4. The number of hydrogen-bond donors (Lipinski definition) is 2. The van der Waals surface area contributed by atoms with E-state index in [2.05, 4.69) is 11.9 Å². The van der Waals surface area contributed by atoms with Gasteiger partial charge in [-0.15, -0.1) is 0 Å². The molecule has 0 saturated heterocycles. The van der Waals surface area contributed by atoms with Crippen molar-refractivity contribution in [2.24, 2.45) is 11.1 Å². The van der Waals surface area contributed by atoms with Crippen molar-refractivity contribution in [3.05, 3.63) is 11.6 Å². The molecule has 3 N–H and O–H groups in total. The SMILES string of the molecule is C=C(Cl)CNC(=O)CC(N)C(C)(C)C. The Hall–Kier alpha value is -0.540. The lowest BCUT2D eigenvalue weighted by Gasteiger charge is -2.26. The molecule has 4 heteroatoms. The molecule has 0 heterocycles. The maximum Gasteiger partial charge on any atom is 0.221 e. The van der Waals surface area contributed by atoms with Crippen molar-refractivity contribution in [3.63, 3.8) is 0 Å². The number of carbonyl (C=O) groups is 1. The average Bonchev–Trinajstić information content (AvgIpc) is 1.99. The molecule has 0 rings (SSSR count). The fourth-order valence-corrected chi connectivity index (χ4v) is 0.839. The molecule has 3 nitrogen and oxygen atoms in total. The number of amides is 1. The second kappa shape index (κ2) is 5.37. The third-order valence-electron chi connectivity index (χ3n) is 2.00. The fourth-order valence-electron chi connectivity index (χ4n) is 0.773. The molecule has 0 aromatic rings. The van der Waals surface area contributed by atoms with Crippen LogP contribution in [-0.2, 0) is 4.79 Å². The summed E-state index contributed by atoms with van der Waals surface area (Å²) in [5.74, 6) is -0.0887. The summed E-state index contributed by atoms with van der Waals surface area (Å²) in [6, 6.07) is -0.147. The predicted molar refractivity (Wildman–Crippen MR) is 60.1 cm³/mol. The van der Waals surface area contributed by atoms with E-state index in [4.69, 9.17) is 17.3 Å². The third-order valence-corrected chi connectivity index (χ3v) is 2.13. The van der Waals surface area contributed by atoms with E-state index < -0.39 is 0 Å². The molecule has 1 amide bonds. The number of carbonyl (C=O) groups excluding carboxylic acids is 1. The molecule has 0 aliphatic heterocycles. The maximum atomic E-state index is 11.3. The Morgan fingerprint density at radius 3 is 2.43 bits per heavy atom. The Morgan fingerprint density at radius 2 is 2.07 bits per heavy atom. The predicted octanol–water partition coefficient (Wildman–Crippen LogP) is 1.62. The fraction of sp³-hybridized carbons (Fsp3) is 0.700. The summed E-state index contributed by atoms with van der Waals surface area (Å²) >= 11 is 5.51. The van der Waals surface area contributed by atoms with Crippen LogP contribution < -0.4 is 11.1 Å². The smallest absolute Gasteiger partial charge is 0.221 e. The zero-order valence-electron chi connectivity index (χ0n) is 9.06. The van der Waals surface area contributed by atoms with E-state index in [1.165, 1.54) is 0 Å². The monoisotopic (exact) mass is 218 g/mol. The van der Waals surface area contributed by atoms with Gasteiger partial charge in [0.15, 0.2) is 0 Å². The summed E-state index contributed by atoms with van der Waals surface area (Å²) < 4.78 is 0. The van der Waals surface area contributed by atoms with Gasteiger partial charge < -0.3 is 11.1 Å². The molecule has 0 aliphatic rings. The van der Waals surface area contributed by atoms with Gasteiger partial charge in [-0.1, -0.05) is 39.0 Å². The van der Waals surface area contributed by atoms with Gasteiger partial charge in [-0.05, 0) is 5.41 Å². The minimum Gasteiger partial charge on any atom is -0.351 e. The quantitative estimate of drug-likeness (QED) is 0.754. The lowest BCUT2D eigenvalue weighted by atomic mass is 9.85. The highest BCUT2D eigenvalue weighted by Crippen LogP contribution is 2.19. The summed E-state index contributed by atoms with van der Waals surface area (Å²) in [7, 11) is 0. The Morgan fingerprint density at radius 1 is 1.57 bits per heavy atom. The normalized spacial score (nSPS) is 13.5. The summed E-state index contributed by atoms with van der Waals surface area (Å²) in [5, 5.41) is 3.05. The van der Waals surface area contributed by atoms with Crippen molar-refractivity contribution in [2.45, 2.75) is 33.2 Å². The van der Waals surface area contributed by atoms with Crippen LogP contribution in [0.1, 0.15) is 27.2 Å². The van der Waals surface area contributed by atoms with Gasteiger partial charge >= 0.3 is 0 Å². The molecule has 0 saturated carbocycles. The van der Waals surface area contributed by atoms with Crippen LogP contribution in [0.2, 0.25) is 0 Å². The molecular formula is C10H19ClN2O. The lowest BCUT2D eigenvalue weighted by Crippen LogP contribution is -2.40. The van der Waals surface area contributed by atoms with Crippen LogP contribution in [0.3, 0.4) is 0 Å². The minimum absolute atomic E-state index is 0.0602. The van der Waals surface area contributed by atoms with E-state index >= 15 is 0 Å². The Labute approximate surface area is 90.7 Å². The van der Waals surface area contributed by atoms with Crippen LogP contribution in [0, 0.1) is 5.41 Å². The van der Waals surface area contributed by atoms with Crippen molar-refractivity contribution in [1.82, 2.24) is 5.32 Å². The first kappa shape index (κ1) is 13.5. The molecule has 82 valence electrons. The summed E-state index contributed by atoms with van der Waals surface area (Å²) in [6.45, 7) is 9.79. The molecule has 0 bridgehead atoms. The number of halogens is 1. The topological polar surface area (TPSA) is 55.1 Å². The molecule has 14 heavy (non-hydrogen) atoms. The molecular weight excluding hydrogens is 200 g/mol. The first-order valence-electron chi connectivity index (χ1n) is 4.59. The molecule has 0 radical (unpaired) electrons. The van der Waals surface area contributed by atoms with Crippen LogP contribution in [0.5, 0.6) is 0 Å². The molecule has 0 fully saturated rings. The van der Waals surface area contributed by atoms with E-state index in [9.17, 15) is 4.79 Å². The van der Waals surface area contributed by atoms with Gasteiger partial charge in [0, 0.05) is 17.5 Å². The van der Waals surface area contributed by atoms with Crippen LogP contribution in [0.4, 0.5) is 0 Å². The van der Waals surface area contributed by atoms with E-state index in [1.807, 2.05) is 20.8 Å². The number of nitrogens with one attached hydrogen (secondary N) is 1. The van der Waals surface area contributed by atoms with Crippen LogP contribution >= 0.6 is 11.6 Å². The van der Waals surface area contributed by atoms with Gasteiger partial charge in [0.05, 0.1) is 6.54 Å². The van der Waals surface area contributed by atoms with Gasteiger partial charge in [0.2, 0.25) is 5.91 Å². The van der Waals surface area contributed by atoms with Crippen molar-refractivity contribution in [1.29, 1.82) is 0 Å². The van der Waals surface area contributed by atoms with Gasteiger partial charge in [0.1, 0.15) is 0 Å². The molecule has 0 aromatic heterocycles. The van der Waals surface area contributed by atoms with Crippen molar-refractivity contribution >= 4 is 17.5 Å². The average molecular weight is 219 g/mol. The number of hydrogen-bond acceptors (Lipinski definition) is 2. The van der Waals surface area contributed by atoms with E-state index in [-0.39, 0.29) is 17.4 Å². The lowest BCUT2D eigenvalue weighted by molar-refractivity contribution is -0.121. The molecule has 1 atom stereocenters. The first-order chi connectivity index (χ1) is 6.23. The van der Waals surface area contributed by atoms with Crippen molar-refractivity contribution < 1.29 is 4.79 Å². The van der Waals surface area contributed by atoms with Crippen molar-refractivity contribution in [2.75, 3.05) is 6.54 Å². The van der Waals surface area contributed by atoms with Crippen LogP contribution in [-0.4, -0.2) is 18.5 Å². The van der Waals surface area contributed by atoms with Gasteiger partial charge in [-0.25, -0.2) is 0 Å². The summed E-state index contributed by atoms with van der Waals surface area (Å²) in [5.41, 5.74) is 5.78. The highest BCUT2D eigenvalue weighted by molar-refractivity contribution is 6.29. The highest BCUT2D eigenvalue weighted by atomic mass is 35.5. The standard InChI is InChI=1S/C10H19ClN2O/c1-7(11)6-13-9(14)5-8(12)10(2,3)4/h8H,1,5-6,12H2,2-4H3,(H,13,14). The molecule has 0 aliphatic carbocycles. The highest BCUT2D eigenvalue weighted by Gasteiger charge is 2.22. The number of nitrogens with two attached hydrogens (primary N) is 1. The summed E-state index contributed by atoms with van der Waals surface area (Å²) in [4.78, 5) is 11.3. The maximum absolute atomic E-state index is 11.3. The van der Waals surface area contributed by atoms with Gasteiger partial charge in [0.25, 0.3) is 0 Å². The van der Waals surface area contributed by atoms with E-state index in [0.29, 0.717) is 18.0 Å². The minimum atomic E-state index is -0.147. The third kappa shape index (κ3) is 6.00. The molecule has 1 unspecified atom stereocenters. The Bertz CT molecular complexity index is 221. The second-order valence-corrected chi connectivity index (χ2v) is 5.01. The van der Waals surface area contributed by atoms with Gasteiger partial charge in [-0.2, -0.15) is 0 Å². The largest absolute Gasteiger partial charge is 0.351 e. The van der Waals surface area contributed by atoms with E-state index in [0.717, 1.165) is 0 Å². The Balaban J connectivity index is 3.89. The van der Waals surface area contributed by atoms with Crippen LogP contribution in [0.25, 0.3) is 0 Å². The van der Waals surface area contributed by atoms with E-state index in [1.54, 1.807) is 0 Å². The summed E-state index contributed by atoms with van der Waals surface area (Å²) in [6.07, 6.45) is 0.313. The molecule has 0 spiro atoms.